The molecule has 0 unspecified atom stereocenters. The lowest BCUT2D eigenvalue weighted by Crippen LogP contribution is -2.39. The van der Waals surface area contributed by atoms with Crippen LogP contribution in [0, 0.1) is 11.6 Å². The SMILES string of the molecule is Nc1ccc(C(=O)NC(=O)C(=O)Nc2cc(F)ccc2F)cc1. The minimum absolute atomic E-state index is 0.109. The van der Waals surface area contributed by atoms with Crippen molar-refractivity contribution in [2.45, 2.75) is 0 Å². The van der Waals surface area contributed by atoms with E-state index in [4.69, 9.17) is 5.73 Å². The van der Waals surface area contributed by atoms with Crippen LogP contribution in [0.25, 0.3) is 0 Å². The van der Waals surface area contributed by atoms with Crippen LogP contribution in [0.5, 0.6) is 0 Å². The van der Waals surface area contributed by atoms with Crippen LogP contribution in [-0.2, 0) is 9.59 Å². The van der Waals surface area contributed by atoms with Gasteiger partial charge in [0.2, 0.25) is 0 Å². The van der Waals surface area contributed by atoms with Crippen LogP contribution in [0.1, 0.15) is 10.4 Å². The molecule has 0 aromatic heterocycles. The maximum absolute atomic E-state index is 13.4. The Balaban J connectivity index is 2.02. The molecular weight excluding hydrogens is 308 g/mol. The lowest BCUT2D eigenvalue weighted by atomic mass is 10.2. The normalized spacial score (nSPS) is 10.0. The molecule has 0 saturated heterocycles. The van der Waals surface area contributed by atoms with Gasteiger partial charge >= 0.3 is 11.8 Å². The Bertz CT molecular complexity index is 776. The van der Waals surface area contributed by atoms with Crippen molar-refractivity contribution in [3.8, 4) is 0 Å². The van der Waals surface area contributed by atoms with Gasteiger partial charge in [0.1, 0.15) is 11.6 Å². The molecule has 0 radical (unpaired) electrons. The van der Waals surface area contributed by atoms with Gasteiger partial charge in [0.25, 0.3) is 5.91 Å². The molecule has 2 aromatic carbocycles. The zero-order valence-corrected chi connectivity index (χ0v) is 11.6. The summed E-state index contributed by atoms with van der Waals surface area (Å²) in [6.07, 6.45) is 0. The van der Waals surface area contributed by atoms with E-state index in [1.807, 2.05) is 10.6 Å². The third-order valence-electron chi connectivity index (χ3n) is 2.78. The monoisotopic (exact) mass is 319 g/mol. The number of nitrogens with two attached hydrogens (primary N) is 1. The summed E-state index contributed by atoms with van der Waals surface area (Å²) in [5.41, 5.74) is 5.48. The maximum Gasteiger partial charge on any atom is 0.316 e. The van der Waals surface area contributed by atoms with Gasteiger partial charge in [-0.3, -0.25) is 19.7 Å². The Labute approximate surface area is 129 Å². The molecule has 0 aliphatic carbocycles. The number of hydrogen-bond acceptors (Lipinski definition) is 4. The highest BCUT2D eigenvalue weighted by Crippen LogP contribution is 2.15. The van der Waals surface area contributed by atoms with Gasteiger partial charge in [-0.25, -0.2) is 8.78 Å². The first-order chi connectivity index (χ1) is 10.9. The van der Waals surface area contributed by atoms with Crippen molar-refractivity contribution >= 4 is 29.1 Å². The largest absolute Gasteiger partial charge is 0.399 e. The molecule has 0 saturated carbocycles. The summed E-state index contributed by atoms with van der Waals surface area (Å²) in [4.78, 5) is 35.0. The zero-order chi connectivity index (χ0) is 17.0. The molecule has 2 aromatic rings. The summed E-state index contributed by atoms with van der Waals surface area (Å²) in [5, 5.41) is 3.70. The second-order valence-corrected chi connectivity index (χ2v) is 4.48. The second-order valence-electron chi connectivity index (χ2n) is 4.48. The van der Waals surface area contributed by atoms with Crippen LogP contribution in [0.3, 0.4) is 0 Å². The topological polar surface area (TPSA) is 101 Å². The third-order valence-corrected chi connectivity index (χ3v) is 2.78. The predicted molar refractivity (Wildman–Crippen MR) is 78.3 cm³/mol. The second kappa shape index (κ2) is 6.65. The van der Waals surface area contributed by atoms with Crippen LogP contribution in [0.15, 0.2) is 42.5 Å². The molecule has 0 atom stereocenters. The minimum atomic E-state index is -1.31. The van der Waals surface area contributed by atoms with E-state index in [1.165, 1.54) is 24.3 Å². The summed E-state index contributed by atoms with van der Waals surface area (Å²) in [7, 11) is 0. The van der Waals surface area contributed by atoms with E-state index in [0.29, 0.717) is 11.8 Å². The van der Waals surface area contributed by atoms with Crippen molar-refractivity contribution in [2.24, 2.45) is 0 Å². The number of amides is 3. The number of carbonyl (C=O) groups is 3. The summed E-state index contributed by atoms with van der Waals surface area (Å²) >= 11 is 0. The standard InChI is InChI=1S/C15H11F2N3O3/c16-9-3-6-11(17)12(7-9)19-14(22)15(23)20-13(21)8-1-4-10(18)5-2-8/h1-7H,18H2,(H,19,22)(H,20,21,23). The number of rotatable bonds is 2. The van der Waals surface area contributed by atoms with Gasteiger partial charge in [0, 0.05) is 17.3 Å². The number of imide groups is 1. The van der Waals surface area contributed by atoms with Gasteiger partial charge in [0.15, 0.2) is 0 Å². The third kappa shape index (κ3) is 4.10. The molecule has 118 valence electrons. The first kappa shape index (κ1) is 16.1. The maximum atomic E-state index is 13.4. The number of hydrogen-bond donors (Lipinski definition) is 3. The van der Waals surface area contributed by atoms with Crippen molar-refractivity contribution in [1.29, 1.82) is 0 Å². The molecule has 23 heavy (non-hydrogen) atoms. The van der Waals surface area contributed by atoms with Crippen molar-refractivity contribution in [1.82, 2.24) is 5.32 Å². The van der Waals surface area contributed by atoms with Crippen LogP contribution >= 0.6 is 0 Å². The van der Waals surface area contributed by atoms with Crippen molar-refractivity contribution in [3.63, 3.8) is 0 Å². The average molecular weight is 319 g/mol. The Morgan fingerprint density at radius 2 is 1.57 bits per heavy atom. The Morgan fingerprint density at radius 3 is 2.22 bits per heavy atom. The van der Waals surface area contributed by atoms with Crippen LogP contribution < -0.4 is 16.4 Å². The average Bonchev–Trinajstić information content (AvgIpc) is 2.51. The molecule has 0 bridgehead atoms. The highest BCUT2D eigenvalue weighted by Gasteiger charge is 2.19. The number of nitrogen functional groups attached to an aromatic ring is 1. The molecular formula is C15H11F2N3O3. The highest BCUT2D eigenvalue weighted by atomic mass is 19.1. The van der Waals surface area contributed by atoms with Crippen molar-refractivity contribution in [3.05, 3.63) is 59.7 Å². The van der Waals surface area contributed by atoms with Gasteiger partial charge in [0.05, 0.1) is 5.69 Å². The molecule has 3 amide bonds. The van der Waals surface area contributed by atoms with E-state index >= 15 is 0 Å². The Hall–Kier alpha value is -3.29. The van der Waals surface area contributed by atoms with Crippen molar-refractivity contribution < 1.29 is 23.2 Å². The zero-order valence-electron chi connectivity index (χ0n) is 11.6. The summed E-state index contributed by atoms with van der Waals surface area (Å²) in [6.45, 7) is 0. The van der Waals surface area contributed by atoms with Gasteiger partial charge in [-0.2, -0.15) is 0 Å². The van der Waals surface area contributed by atoms with Crippen LogP contribution in [0.2, 0.25) is 0 Å². The summed E-state index contributed by atoms with van der Waals surface area (Å²) in [5.74, 6) is -5.16. The van der Waals surface area contributed by atoms with Crippen molar-refractivity contribution in [2.75, 3.05) is 11.1 Å². The Morgan fingerprint density at radius 1 is 0.913 bits per heavy atom. The fourth-order valence-electron chi connectivity index (χ4n) is 1.64. The van der Waals surface area contributed by atoms with E-state index < -0.39 is 35.0 Å². The summed E-state index contributed by atoms with van der Waals surface area (Å²) < 4.78 is 26.3. The molecule has 0 heterocycles. The fourth-order valence-corrected chi connectivity index (χ4v) is 1.64. The van der Waals surface area contributed by atoms with E-state index in [2.05, 4.69) is 0 Å². The Kier molecular flexibility index (Phi) is 4.65. The number of benzene rings is 2. The van der Waals surface area contributed by atoms with Crippen LogP contribution in [0.4, 0.5) is 20.2 Å². The number of nitrogens with one attached hydrogen (secondary N) is 2. The molecule has 2 rings (SSSR count). The molecule has 0 fully saturated rings. The van der Waals surface area contributed by atoms with E-state index in [0.717, 1.165) is 12.1 Å². The fraction of sp³-hybridized carbons (Fsp3) is 0. The number of halogens is 2. The first-order valence-electron chi connectivity index (χ1n) is 6.34. The predicted octanol–water partition coefficient (Wildman–Crippen LogP) is 1.44. The molecule has 6 nitrogen and oxygen atoms in total. The summed E-state index contributed by atoms with van der Waals surface area (Å²) in [6, 6.07) is 7.98. The lowest BCUT2D eigenvalue weighted by molar-refractivity contribution is -0.135. The number of anilines is 2. The van der Waals surface area contributed by atoms with E-state index in [1.54, 1.807) is 0 Å². The van der Waals surface area contributed by atoms with Gasteiger partial charge in [-0.05, 0) is 36.4 Å². The van der Waals surface area contributed by atoms with E-state index in [9.17, 15) is 23.2 Å². The van der Waals surface area contributed by atoms with Gasteiger partial charge in [-0.15, -0.1) is 0 Å². The molecule has 4 N–H and O–H groups in total. The smallest absolute Gasteiger partial charge is 0.316 e. The van der Waals surface area contributed by atoms with Crippen LogP contribution in [-0.4, -0.2) is 17.7 Å². The first-order valence-corrected chi connectivity index (χ1v) is 6.34. The molecule has 0 aliphatic rings. The van der Waals surface area contributed by atoms with Gasteiger partial charge in [-0.1, -0.05) is 0 Å². The quantitative estimate of drug-likeness (QED) is 0.576. The highest BCUT2D eigenvalue weighted by molar-refractivity contribution is 6.42. The lowest BCUT2D eigenvalue weighted by Gasteiger charge is -2.07. The minimum Gasteiger partial charge on any atom is -0.399 e. The number of carbonyl (C=O) groups excluding carboxylic acids is 3. The van der Waals surface area contributed by atoms with E-state index in [-0.39, 0.29) is 5.56 Å². The molecule has 0 spiro atoms. The molecule has 0 aliphatic heterocycles. The van der Waals surface area contributed by atoms with Gasteiger partial charge < -0.3 is 11.1 Å². The molecule has 8 heteroatoms.